The molecule has 2 N–H and O–H groups in total. The molecule has 1 atom stereocenters. The van der Waals surface area contributed by atoms with Crippen LogP contribution < -0.4 is 10.6 Å². The quantitative estimate of drug-likeness (QED) is 0.525. The van der Waals surface area contributed by atoms with E-state index < -0.39 is 5.92 Å². The number of rotatable bonds is 4. The molecule has 8 heteroatoms. The van der Waals surface area contributed by atoms with Crippen molar-refractivity contribution in [2.45, 2.75) is 65.2 Å². The lowest BCUT2D eigenvalue weighted by Crippen LogP contribution is -2.42. The molecule has 6 nitrogen and oxygen atoms in total. The molecule has 3 heterocycles. The van der Waals surface area contributed by atoms with E-state index in [0.717, 1.165) is 42.5 Å². The van der Waals surface area contributed by atoms with E-state index in [1.165, 1.54) is 16.2 Å². The lowest BCUT2D eigenvalue weighted by atomic mass is 9.69. The number of aryl methyl sites for hydroxylation is 1. The van der Waals surface area contributed by atoms with Crippen LogP contribution in [0.3, 0.4) is 0 Å². The SMILES string of the molecule is CCOC(=O)c1c(N2C(N)=C(C#N)C(c3ccsc3)C3=C2CC(C)(C)CC3=O)sc2c1CCCC2. The van der Waals surface area contributed by atoms with Crippen molar-refractivity contribution in [1.29, 1.82) is 5.26 Å². The Kier molecular flexibility index (Phi) is 6.10. The Morgan fingerprint density at radius 3 is 2.77 bits per heavy atom. The molecule has 0 saturated carbocycles. The van der Waals surface area contributed by atoms with E-state index in [9.17, 15) is 14.9 Å². The molecule has 1 aliphatic heterocycles. The number of Topliss-reactive ketones (excluding diaryl/α,β-unsaturated/α-hetero) is 1. The standard InChI is InChI=1S/C27H29N3O3S2/c1-4-33-26(32)22-16-7-5-6-8-20(16)35-25(22)30-18-11-27(2,3)12-19(31)23(18)21(15-9-10-34-14-15)17(13-28)24(30)29/h9-10,14,21H,4-8,11-12,29H2,1-3H3. The molecule has 182 valence electrons. The second kappa shape index (κ2) is 8.96. The lowest BCUT2D eigenvalue weighted by molar-refractivity contribution is -0.118. The maximum absolute atomic E-state index is 13.7. The van der Waals surface area contributed by atoms with Gasteiger partial charge in [-0.15, -0.1) is 11.3 Å². The molecular formula is C27H29N3O3S2. The molecule has 2 aliphatic carbocycles. The van der Waals surface area contributed by atoms with Crippen LogP contribution in [-0.2, 0) is 22.4 Å². The molecule has 0 spiro atoms. The largest absolute Gasteiger partial charge is 0.462 e. The van der Waals surface area contributed by atoms with Gasteiger partial charge in [-0.05, 0) is 72.4 Å². The van der Waals surface area contributed by atoms with Gasteiger partial charge in [0, 0.05) is 22.6 Å². The van der Waals surface area contributed by atoms with Crippen molar-refractivity contribution in [2.24, 2.45) is 11.1 Å². The van der Waals surface area contributed by atoms with Gasteiger partial charge in [-0.2, -0.15) is 16.6 Å². The number of carbonyl (C=O) groups excluding carboxylic acids is 2. The number of nitrogens with zero attached hydrogens (tertiary/aromatic N) is 2. The summed E-state index contributed by atoms with van der Waals surface area (Å²) in [4.78, 5) is 29.9. The zero-order valence-electron chi connectivity index (χ0n) is 20.3. The molecule has 35 heavy (non-hydrogen) atoms. The maximum atomic E-state index is 13.7. The minimum absolute atomic E-state index is 0.0386. The van der Waals surface area contributed by atoms with Gasteiger partial charge in [-0.25, -0.2) is 4.79 Å². The minimum Gasteiger partial charge on any atom is -0.462 e. The normalized spacial score (nSPS) is 21.5. The number of thiophene rings is 2. The Morgan fingerprint density at radius 2 is 2.09 bits per heavy atom. The van der Waals surface area contributed by atoms with Crippen molar-refractivity contribution in [3.63, 3.8) is 0 Å². The highest BCUT2D eigenvalue weighted by molar-refractivity contribution is 7.16. The summed E-state index contributed by atoms with van der Waals surface area (Å²) in [6.07, 6.45) is 4.84. The first-order valence-electron chi connectivity index (χ1n) is 12.1. The third-order valence-corrected chi connectivity index (χ3v) is 9.07. The molecular weight excluding hydrogens is 478 g/mol. The fourth-order valence-corrected chi connectivity index (χ4v) is 7.74. The number of allylic oxidation sites excluding steroid dienone is 3. The monoisotopic (exact) mass is 507 g/mol. The number of hydrogen-bond donors (Lipinski definition) is 1. The molecule has 0 bridgehead atoms. The van der Waals surface area contributed by atoms with Crippen LogP contribution in [0.1, 0.15) is 78.7 Å². The average Bonchev–Trinajstić information content (AvgIpc) is 3.45. The van der Waals surface area contributed by atoms with E-state index in [1.54, 1.807) is 18.3 Å². The highest BCUT2D eigenvalue weighted by atomic mass is 32.1. The third-order valence-electron chi connectivity index (χ3n) is 7.09. The number of hydrogen-bond acceptors (Lipinski definition) is 8. The second-order valence-electron chi connectivity index (χ2n) is 10.1. The van der Waals surface area contributed by atoms with Gasteiger partial charge in [0.05, 0.1) is 29.7 Å². The summed E-state index contributed by atoms with van der Waals surface area (Å²) in [6, 6.07) is 4.28. The Bertz CT molecular complexity index is 1310. The number of fused-ring (bicyclic) bond motifs is 1. The number of nitriles is 1. The van der Waals surface area contributed by atoms with Crippen LogP contribution in [0.15, 0.2) is 39.5 Å². The minimum atomic E-state index is -0.485. The van der Waals surface area contributed by atoms with E-state index in [1.807, 2.05) is 21.7 Å². The van der Waals surface area contributed by atoms with Crippen LogP contribution in [0.25, 0.3) is 0 Å². The number of ketones is 1. The zero-order valence-corrected chi connectivity index (χ0v) is 21.9. The Balaban J connectivity index is 1.79. The van der Waals surface area contributed by atoms with Crippen LogP contribution in [0.2, 0.25) is 0 Å². The zero-order chi connectivity index (χ0) is 24.9. The van der Waals surface area contributed by atoms with Crippen molar-refractivity contribution in [1.82, 2.24) is 0 Å². The average molecular weight is 508 g/mol. The van der Waals surface area contributed by atoms with Crippen molar-refractivity contribution >= 4 is 39.4 Å². The summed E-state index contributed by atoms with van der Waals surface area (Å²) >= 11 is 3.09. The Morgan fingerprint density at radius 1 is 1.31 bits per heavy atom. The van der Waals surface area contributed by atoms with Crippen LogP contribution in [0.5, 0.6) is 0 Å². The summed E-state index contributed by atoms with van der Waals surface area (Å²) in [5, 5.41) is 14.9. The van der Waals surface area contributed by atoms with E-state index in [2.05, 4.69) is 19.9 Å². The smallest absolute Gasteiger partial charge is 0.341 e. The van der Waals surface area contributed by atoms with E-state index in [4.69, 9.17) is 10.5 Å². The fourth-order valence-electron chi connectivity index (χ4n) is 5.64. The highest BCUT2D eigenvalue weighted by Gasteiger charge is 2.46. The molecule has 2 aromatic heterocycles. The van der Waals surface area contributed by atoms with Crippen LogP contribution >= 0.6 is 22.7 Å². The molecule has 2 aromatic rings. The summed E-state index contributed by atoms with van der Waals surface area (Å²) in [5.41, 5.74) is 10.8. The van der Waals surface area contributed by atoms with Gasteiger partial charge in [0.15, 0.2) is 5.78 Å². The molecule has 0 aromatic carbocycles. The highest BCUT2D eigenvalue weighted by Crippen LogP contribution is 2.53. The first-order chi connectivity index (χ1) is 16.8. The molecule has 5 rings (SSSR count). The number of anilines is 1. The number of carbonyl (C=O) groups is 2. The second-order valence-corrected chi connectivity index (χ2v) is 12.0. The third kappa shape index (κ3) is 3.91. The molecule has 0 radical (unpaired) electrons. The molecule has 3 aliphatic rings. The van der Waals surface area contributed by atoms with Crippen LogP contribution in [0.4, 0.5) is 5.00 Å². The predicted molar refractivity (Wildman–Crippen MR) is 138 cm³/mol. The Labute approximate surface area is 213 Å². The summed E-state index contributed by atoms with van der Waals surface area (Å²) in [5.74, 6) is -0.507. The van der Waals surface area contributed by atoms with E-state index in [0.29, 0.717) is 40.4 Å². The maximum Gasteiger partial charge on any atom is 0.341 e. The van der Waals surface area contributed by atoms with Crippen LogP contribution in [0, 0.1) is 16.7 Å². The predicted octanol–water partition coefficient (Wildman–Crippen LogP) is 5.81. The van der Waals surface area contributed by atoms with E-state index >= 15 is 0 Å². The van der Waals surface area contributed by atoms with Gasteiger partial charge in [-0.1, -0.05) is 13.8 Å². The van der Waals surface area contributed by atoms with Gasteiger partial charge in [-0.3, -0.25) is 9.69 Å². The molecule has 1 unspecified atom stereocenters. The summed E-state index contributed by atoms with van der Waals surface area (Å²) in [7, 11) is 0. The number of esters is 1. The van der Waals surface area contributed by atoms with Gasteiger partial charge >= 0.3 is 5.97 Å². The first-order valence-corrected chi connectivity index (χ1v) is 13.8. The summed E-state index contributed by atoms with van der Waals surface area (Å²) < 4.78 is 5.49. The van der Waals surface area contributed by atoms with Gasteiger partial charge < -0.3 is 10.5 Å². The fraction of sp³-hybridized carbons (Fsp3) is 0.444. The van der Waals surface area contributed by atoms with Gasteiger partial charge in [0.2, 0.25) is 0 Å². The van der Waals surface area contributed by atoms with Gasteiger partial charge in [0.25, 0.3) is 0 Å². The molecule has 0 saturated heterocycles. The van der Waals surface area contributed by atoms with Crippen molar-refractivity contribution < 1.29 is 14.3 Å². The first kappa shape index (κ1) is 23.8. The number of ether oxygens (including phenoxy) is 1. The van der Waals surface area contributed by atoms with Crippen molar-refractivity contribution in [2.75, 3.05) is 11.5 Å². The summed E-state index contributed by atoms with van der Waals surface area (Å²) in [6.45, 7) is 6.24. The Hall–Kier alpha value is -2.89. The van der Waals surface area contributed by atoms with Crippen molar-refractivity contribution in [3.8, 4) is 6.07 Å². The molecule has 0 fully saturated rings. The van der Waals surface area contributed by atoms with Crippen LogP contribution in [-0.4, -0.2) is 18.4 Å². The van der Waals surface area contributed by atoms with Crippen molar-refractivity contribution in [3.05, 3.63) is 61.1 Å². The van der Waals surface area contributed by atoms with Gasteiger partial charge in [0.1, 0.15) is 10.8 Å². The topological polar surface area (TPSA) is 96.4 Å². The van der Waals surface area contributed by atoms with E-state index in [-0.39, 0.29) is 23.8 Å². The molecule has 0 amide bonds. The lowest BCUT2D eigenvalue weighted by Gasteiger charge is -2.43. The number of nitrogens with two attached hydrogens (primary N) is 1.